The number of aromatic amines is 1. The molecular weight excluding hydrogens is 370 g/mol. The maximum atomic E-state index is 11.5. The molecule has 3 rings (SSSR count). The number of nitro benzene ring substituents is 2. The monoisotopic (exact) mass is 381 g/mol. The van der Waals surface area contributed by atoms with Crippen LogP contribution in [0.2, 0.25) is 0 Å². The summed E-state index contributed by atoms with van der Waals surface area (Å²) in [4.78, 5) is 24.0. The lowest BCUT2D eigenvalue weighted by molar-refractivity contribution is -0.422. The fraction of sp³-hybridized carbons (Fsp3) is 0.0588. The second-order valence-corrected chi connectivity index (χ2v) is 6.00. The van der Waals surface area contributed by atoms with Crippen molar-refractivity contribution < 1.29 is 9.85 Å². The Balaban J connectivity index is 2.36. The van der Waals surface area contributed by atoms with Gasteiger partial charge in [-0.2, -0.15) is 5.26 Å². The molecule has 2 aromatic carbocycles. The smallest absolute Gasteiger partial charge is 0.330 e. The number of benzene rings is 2. The van der Waals surface area contributed by atoms with E-state index in [0.717, 1.165) is 11.6 Å². The average Bonchev–Trinajstić information content (AvgIpc) is 2.94. The molecular formula is C17H11N5O4S. The summed E-state index contributed by atoms with van der Waals surface area (Å²) in [6.07, 6.45) is 1.35. The molecule has 0 bridgehead atoms. The van der Waals surface area contributed by atoms with Gasteiger partial charge in [-0.05, 0) is 36.8 Å². The summed E-state index contributed by atoms with van der Waals surface area (Å²) in [7, 11) is 0. The molecule has 27 heavy (non-hydrogen) atoms. The Bertz CT molecular complexity index is 1230. The van der Waals surface area contributed by atoms with Gasteiger partial charge in [0.15, 0.2) is 4.77 Å². The minimum Gasteiger partial charge on any atom is -0.330 e. The summed E-state index contributed by atoms with van der Waals surface area (Å²) in [6, 6.07) is 11.5. The number of fused-ring (bicyclic) bond motifs is 1. The van der Waals surface area contributed by atoms with Crippen molar-refractivity contribution in [3.8, 4) is 6.07 Å². The number of rotatable bonds is 4. The molecule has 3 aromatic rings. The van der Waals surface area contributed by atoms with Gasteiger partial charge in [-0.3, -0.25) is 24.8 Å². The van der Waals surface area contributed by atoms with Crippen LogP contribution >= 0.6 is 12.2 Å². The molecule has 0 unspecified atom stereocenters. The molecule has 0 saturated heterocycles. The van der Waals surface area contributed by atoms with Crippen LogP contribution < -0.4 is 0 Å². The first kappa shape index (κ1) is 18.0. The Morgan fingerprint density at radius 3 is 2.56 bits per heavy atom. The highest BCUT2D eigenvalue weighted by molar-refractivity contribution is 7.71. The molecule has 0 fully saturated rings. The lowest BCUT2D eigenvalue weighted by Gasteiger charge is -2.07. The topological polar surface area (TPSA) is 131 Å². The highest BCUT2D eigenvalue weighted by Crippen LogP contribution is 2.37. The van der Waals surface area contributed by atoms with E-state index in [2.05, 4.69) is 4.98 Å². The lowest BCUT2D eigenvalue weighted by atomic mass is 9.98. The standard InChI is InChI=1S/C17H11N5O4S/c1-10-6-7-14(21(23)24)16(22(25)26)15(10)11(8-18)9-20-13-5-3-2-4-12(13)19-17(20)27/h2-7,9H,1H3,(H,19,27). The van der Waals surface area contributed by atoms with Gasteiger partial charge in [0, 0.05) is 12.3 Å². The predicted molar refractivity (Wildman–Crippen MR) is 101 cm³/mol. The van der Waals surface area contributed by atoms with Crippen LogP contribution in [-0.4, -0.2) is 19.4 Å². The molecule has 1 aromatic heterocycles. The van der Waals surface area contributed by atoms with Crippen LogP contribution in [0.3, 0.4) is 0 Å². The molecule has 9 nitrogen and oxygen atoms in total. The molecule has 0 atom stereocenters. The van der Waals surface area contributed by atoms with Crippen molar-refractivity contribution in [3.63, 3.8) is 0 Å². The van der Waals surface area contributed by atoms with Crippen molar-refractivity contribution in [2.45, 2.75) is 6.92 Å². The quantitative estimate of drug-likeness (QED) is 0.309. The van der Waals surface area contributed by atoms with Crippen LogP contribution in [0, 0.1) is 43.3 Å². The summed E-state index contributed by atoms with van der Waals surface area (Å²) < 4.78 is 1.79. The lowest BCUT2D eigenvalue weighted by Crippen LogP contribution is -2.03. The van der Waals surface area contributed by atoms with Crippen molar-refractivity contribution in [1.82, 2.24) is 9.55 Å². The molecule has 10 heteroatoms. The van der Waals surface area contributed by atoms with E-state index in [-0.39, 0.29) is 15.9 Å². The van der Waals surface area contributed by atoms with E-state index < -0.39 is 21.2 Å². The third-order valence-electron chi connectivity index (χ3n) is 4.02. The van der Waals surface area contributed by atoms with Crippen LogP contribution in [0.25, 0.3) is 22.8 Å². The molecule has 0 aliphatic heterocycles. The van der Waals surface area contributed by atoms with E-state index in [0.29, 0.717) is 11.1 Å². The molecule has 1 heterocycles. The third-order valence-corrected chi connectivity index (χ3v) is 4.31. The van der Waals surface area contributed by atoms with E-state index in [1.807, 2.05) is 12.1 Å². The molecule has 0 saturated carbocycles. The number of hydrogen-bond donors (Lipinski definition) is 1. The van der Waals surface area contributed by atoms with Gasteiger partial charge >= 0.3 is 11.4 Å². The van der Waals surface area contributed by atoms with Crippen molar-refractivity contribution in [2.75, 3.05) is 0 Å². The van der Waals surface area contributed by atoms with Crippen LogP contribution in [0.1, 0.15) is 11.1 Å². The second kappa shape index (κ2) is 6.81. The number of aryl methyl sites for hydroxylation is 1. The molecule has 1 N–H and O–H groups in total. The van der Waals surface area contributed by atoms with Crippen molar-refractivity contribution in [3.05, 3.63) is 72.5 Å². The van der Waals surface area contributed by atoms with Crippen LogP contribution in [0.5, 0.6) is 0 Å². The van der Waals surface area contributed by atoms with E-state index >= 15 is 0 Å². The van der Waals surface area contributed by atoms with Gasteiger partial charge < -0.3 is 4.98 Å². The summed E-state index contributed by atoms with van der Waals surface area (Å²) >= 11 is 5.27. The number of nitro groups is 2. The van der Waals surface area contributed by atoms with E-state index in [1.54, 1.807) is 25.1 Å². The number of para-hydroxylation sites is 2. The average molecular weight is 381 g/mol. The fourth-order valence-electron chi connectivity index (χ4n) is 2.83. The number of nitrogens with zero attached hydrogens (tertiary/aromatic N) is 4. The Hall–Kier alpha value is -3.84. The van der Waals surface area contributed by atoms with Gasteiger partial charge in [0.2, 0.25) is 0 Å². The first-order valence-electron chi connectivity index (χ1n) is 7.59. The maximum absolute atomic E-state index is 11.5. The normalized spacial score (nSPS) is 11.3. The van der Waals surface area contributed by atoms with Gasteiger partial charge in [0.05, 0.1) is 32.0 Å². The van der Waals surface area contributed by atoms with Crippen molar-refractivity contribution in [1.29, 1.82) is 5.26 Å². The van der Waals surface area contributed by atoms with Gasteiger partial charge in [-0.1, -0.05) is 18.2 Å². The van der Waals surface area contributed by atoms with Gasteiger partial charge in [-0.25, -0.2) is 0 Å². The first-order valence-corrected chi connectivity index (χ1v) is 8.00. The van der Waals surface area contributed by atoms with Crippen molar-refractivity contribution >= 4 is 46.4 Å². The van der Waals surface area contributed by atoms with Crippen LogP contribution in [0.4, 0.5) is 11.4 Å². The first-order chi connectivity index (χ1) is 12.8. The van der Waals surface area contributed by atoms with Gasteiger partial charge in [0.25, 0.3) is 0 Å². The molecule has 0 spiro atoms. The summed E-state index contributed by atoms with van der Waals surface area (Å²) in [5.41, 5.74) is 0.143. The molecule has 0 aliphatic carbocycles. The molecule has 0 aliphatic rings. The van der Waals surface area contributed by atoms with E-state index in [1.165, 1.54) is 16.8 Å². The number of imidazole rings is 1. The number of H-pyrrole nitrogens is 1. The van der Waals surface area contributed by atoms with Crippen molar-refractivity contribution in [2.24, 2.45) is 0 Å². The fourth-order valence-corrected chi connectivity index (χ4v) is 3.09. The molecule has 0 amide bonds. The maximum Gasteiger partial charge on any atom is 0.354 e. The van der Waals surface area contributed by atoms with Gasteiger partial charge in [0.1, 0.15) is 6.07 Å². The van der Waals surface area contributed by atoms with E-state index in [9.17, 15) is 25.5 Å². The zero-order valence-corrected chi connectivity index (χ0v) is 14.7. The SMILES string of the molecule is Cc1ccc([N+](=O)[O-])c([N+](=O)[O-])c1C(C#N)=Cn1c(=S)[nH]c2ccccc21. The molecule has 134 valence electrons. The highest BCUT2D eigenvalue weighted by atomic mass is 32.1. The zero-order chi connectivity index (χ0) is 19.7. The Morgan fingerprint density at radius 2 is 1.93 bits per heavy atom. The number of nitriles is 1. The minimum absolute atomic E-state index is 0.108. The third kappa shape index (κ3) is 3.07. The summed E-state index contributed by atoms with van der Waals surface area (Å²) in [5.74, 6) is 0. The predicted octanol–water partition coefficient (Wildman–Crippen LogP) is 4.35. The number of hydrogen-bond acceptors (Lipinski definition) is 6. The van der Waals surface area contributed by atoms with Crippen LogP contribution in [-0.2, 0) is 0 Å². The summed E-state index contributed by atoms with van der Waals surface area (Å²) in [6.45, 7) is 1.55. The zero-order valence-electron chi connectivity index (χ0n) is 13.9. The van der Waals surface area contributed by atoms with E-state index in [4.69, 9.17) is 12.2 Å². The summed E-state index contributed by atoms with van der Waals surface area (Å²) in [5, 5.41) is 32.4. The van der Waals surface area contributed by atoms with Gasteiger partial charge in [-0.15, -0.1) is 0 Å². The second-order valence-electron chi connectivity index (χ2n) is 5.61. The number of aromatic nitrogens is 2. The highest BCUT2D eigenvalue weighted by Gasteiger charge is 2.31. The number of allylic oxidation sites excluding steroid dienone is 1. The largest absolute Gasteiger partial charge is 0.354 e. The Kier molecular flexibility index (Phi) is 4.53. The Labute approximate surface area is 157 Å². The Morgan fingerprint density at radius 1 is 1.22 bits per heavy atom. The number of nitrogens with one attached hydrogen (secondary N) is 1. The molecule has 0 radical (unpaired) electrons. The minimum atomic E-state index is -0.847. The van der Waals surface area contributed by atoms with Crippen LogP contribution in [0.15, 0.2) is 36.4 Å².